The quantitative estimate of drug-likeness (QED) is 0.944. The molecule has 1 N–H and O–H groups in total. The van der Waals surface area contributed by atoms with Crippen molar-refractivity contribution < 1.29 is 14.6 Å². The third-order valence-corrected chi connectivity index (χ3v) is 3.02. The van der Waals surface area contributed by atoms with Crippen molar-refractivity contribution in [2.24, 2.45) is 0 Å². The highest BCUT2D eigenvalue weighted by Gasteiger charge is 2.17. The molecular weight excluding hydrogens is 288 g/mol. The Morgan fingerprint density at radius 1 is 1.47 bits per heavy atom. The van der Waals surface area contributed by atoms with Crippen LogP contribution in [0, 0.1) is 0 Å². The molecule has 0 saturated carbocycles. The van der Waals surface area contributed by atoms with Crippen LogP contribution < -0.4 is 4.74 Å². The number of nitrogens with zero attached hydrogens (tertiary/aromatic N) is 2. The van der Waals surface area contributed by atoms with Gasteiger partial charge in [0.15, 0.2) is 0 Å². The minimum Gasteiger partial charge on any atom is -0.494 e. The predicted octanol–water partition coefficient (Wildman–Crippen LogP) is 2.34. The highest BCUT2D eigenvalue weighted by Crippen LogP contribution is 2.27. The van der Waals surface area contributed by atoms with E-state index in [9.17, 15) is 4.79 Å². The third-order valence-electron chi connectivity index (χ3n) is 2.25. The van der Waals surface area contributed by atoms with Crippen LogP contribution in [0.25, 0.3) is 5.69 Å². The van der Waals surface area contributed by atoms with Gasteiger partial charge in [-0.15, -0.1) is 0 Å². The largest absolute Gasteiger partial charge is 0.494 e. The zero-order valence-corrected chi connectivity index (χ0v) is 10.5. The molecule has 2 aromatic rings. The maximum atomic E-state index is 10.9. The summed E-state index contributed by atoms with van der Waals surface area (Å²) in [5.41, 5.74) is 0.783. The molecule has 0 atom stereocenters. The summed E-state index contributed by atoms with van der Waals surface area (Å²) in [6.45, 7) is 0. The summed E-state index contributed by atoms with van der Waals surface area (Å²) in [4.78, 5) is 10.9. The van der Waals surface area contributed by atoms with E-state index < -0.39 is 5.97 Å². The van der Waals surface area contributed by atoms with Crippen molar-refractivity contribution in [2.45, 2.75) is 0 Å². The summed E-state index contributed by atoms with van der Waals surface area (Å²) in [6.07, 6.45) is 1.29. The van der Waals surface area contributed by atoms with Crippen molar-refractivity contribution in [3.05, 3.63) is 40.6 Å². The number of ether oxygens (including phenoxy) is 1. The van der Waals surface area contributed by atoms with Crippen molar-refractivity contribution in [2.75, 3.05) is 7.11 Å². The first-order valence-corrected chi connectivity index (χ1v) is 5.54. The Balaban J connectivity index is 2.57. The van der Waals surface area contributed by atoms with Crippen molar-refractivity contribution in [3.63, 3.8) is 0 Å². The van der Waals surface area contributed by atoms with Gasteiger partial charge >= 0.3 is 5.97 Å². The second-order valence-corrected chi connectivity index (χ2v) is 3.99. The zero-order valence-electron chi connectivity index (χ0n) is 8.92. The normalized spacial score (nSPS) is 10.2. The van der Waals surface area contributed by atoms with Crippen LogP contribution in [0.5, 0.6) is 5.75 Å². The van der Waals surface area contributed by atoms with Gasteiger partial charge in [0.05, 0.1) is 13.3 Å². The SMILES string of the molecule is COc1ccccc1-n1ncc(C(=O)O)c1Br. The number of benzene rings is 1. The monoisotopic (exact) mass is 296 g/mol. The van der Waals surface area contributed by atoms with Gasteiger partial charge in [0.25, 0.3) is 0 Å². The topological polar surface area (TPSA) is 64.4 Å². The fraction of sp³-hybridized carbons (Fsp3) is 0.0909. The number of halogens is 1. The lowest BCUT2D eigenvalue weighted by atomic mass is 10.3. The van der Waals surface area contributed by atoms with E-state index >= 15 is 0 Å². The smallest absolute Gasteiger partial charge is 0.340 e. The Bertz CT molecular complexity index is 566. The predicted molar refractivity (Wildman–Crippen MR) is 64.8 cm³/mol. The molecule has 0 fully saturated rings. The number of carboxylic acid groups (broad SMARTS) is 1. The van der Waals surface area contributed by atoms with E-state index in [4.69, 9.17) is 9.84 Å². The molecule has 0 aliphatic heterocycles. The van der Waals surface area contributed by atoms with E-state index in [1.807, 2.05) is 12.1 Å². The van der Waals surface area contributed by atoms with E-state index in [2.05, 4.69) is 21.0 Å². The van der Waals surface area contributed by atoms with Crippen LogP contribution in [-0.4, -0.2) is 28.0 Å². The maximum Gasteiger partial charge on any atom is 0.340 e. The molecule has 0 aliphatic carbocycles. The molecule has 1 aromatic carbocycles. The van der Waals surface area contributed by atoms with Crippen LogP contribution in [-0.2, 0) is 0 Å². The molecule has 0 unspecified atom stereocenters. The molecule has 17 heavy (non-hydrogen) atoms. The van der Waals surface area contributed by atoms with Gasteiger partial charge in [-0.3, -0.25) is 0 Å². The number of rotatable bonds is 3. The molecule has 0 saturated heterocycles. The first-order chi connectivity index (χ1) is 8.15. The van der Waals surface area contributed by atoms with Crippen molar-refractivity contribution >= 4 is 21.9 Å². The molecule has 0 radical (unpaired) electrons. The molecule has 5 nitrogen and oxygen atoms in total. The van der Waals surface area contributed by atoms with Crippen LogP contribution in [0.1, 0.15) is 10.4 Å². The van der Waals surface area contributed by atoms with Crippen LogP contribution in [0.2, 0.25) is 0 Å². The molecule has 1 heterocycles. The molecule has 1 aromatic heterocycles. The second kappa shape index (κ2) is 4.58. The Labute approximate surface area is 106 Å². The molecule has 88 valence electrons. The van der Waals surface area contributed by atoms with Crippen LogP contribution >= 0.6 is 15.9 Å². The summed E-state index contributed by atoms with van der Waals surface area (Å²) < 4.78 is 7.05. The lowest BCUT2D eigenvalue weighted by Gasteiger charge is -2.08. The third kappa shape index (κ3) is 2.03. The zero-order chi connectivity index (χ0) is 12.4. The first-order valence-electron chi connectivity index (χ1n) is 4.75. The van der Waals surface area contributed by atoms with Gasteiger partial charge in [-0.25, -0.2) is 9.48 Å². The van der Waals surface area contributed by atoms with E-state index in [1.54, 1.807) is 19.2 Å². The fourth-order valence-corrected chi connectivity index (χ4v) is 2.00. The van der Waals surface area contributed by atoms with Gasteiger partial charge in [0.2, 0.25) is 0 Å². The second-order valence-electron chi connectivity index (χ2n) is 3.24. The van der Waals surface area contributed by atoms with Crippen LogP contribution in [0.4, 0.5) is 0 Å². The van der Waals surface area contributed by atoms with Gasteiger partial charge in [-0.05, 0) is 28.1 Å². The van der Waals surface area contributed by atoms with Crippen molar-refractivity contribution in [3.8, 4) is 11.4 Å². The Morgan fingerprint density at radius 3 is 2.76 bits per heavy atom. The van der Waals surface area contributed by atoms with Crippen molar-refractivity contribution in [1.82, 2.24) is 9.78 Å². The number of hydrogen-bond donors (Lipinski definition) is 1. The maximum absolute atomic E-state index is 10.9. The van der Waals surface area contributed by atoms with Crippen molar-refractivity contribution in [1.29, 1.82) is 0 Å². The molecule has 6 heteroatoms. The number of carboxylic acids is 1. The number of carbonyl (C=O) groups is 1. The standard InChI is InChI=1S/C11H9BrN2O3/c1-17-9-5-3-2-4-8(9)14-10(12)7(6-13-14)11(15)16/h2-6H,1H3,(H,15,16). The van der Waals surface area contributed by atoms with Gasteiger partial charge in [0, 0.05) is 0 Å². The lowest BCUT2D eigenvalue weighted by molar-refractivity contribution is 0.0696. The van der Waals surface area contributed by atoms with E-state index in [0.29, 0.717) is 16.0 Å². The first kappa shape index (κ1) is 11.7. The summed E-state index contributed by atoms with van der Waals surface area (Å²) in [6, 6.07) is 7.23. The fourth-order valence-electron chi connectivity index (χ4n) is 1.45. The number of methoxy groups -OCH3 is 1. The Hall–Kier alpha value is -1.82. The summed E-state index contributed by atoms with van der Waals surface area (Å²) in [5, 5.41) is 13.0. The lowest BCUT2D eigenvalue weighted by Crippen LogP contribution is -2.01. The van der Waals surface area contributed by atoms with Gasteiger partial charge in [0.1, 0.15) is 21.6 Å². The van der Waals surface area contributed by atoms with Gasteiger partial charge < -0.3 is 9.84 Å². The Kier molecular flexibility index (Phi) is 3.14. The van der Waals surface area contributed by atoms with E-state index in [0.717, 1.165) is 0 Å². The van der Waals surface area contributed by atoms with Crippen LogP contribution in [0.3, 0.4) is 0 Å². The average Bonchev–Trinajstić information content (AvgIpc) is 2.71. The minimum absolute atomic E-state index is 0.107. The summed E-state index contributed by atoms with van der Waals surface area (Å²) >= 11 is 3.22. The van der Waals surface area contributed by atoms with Crippen LogP contribution in [0.15, 0.2) is 35.1 Å². The molecule has 0 aliphatic rings. The molecule has 0 amide bonds. The highest BCUT2D eigenvalue weighted by molar-refractivity contribution is 9.10. The number of hydrogen-bond acceptors (Lipinski definition) is 3. The molecule has 2 rings (SSSR count). The number of aromatic carboxylic acids is 1. The minimum atomic E-state index is -1.03. The average molecular weight is 297 g/mol. The van der Waals surface area contributed by atoms with Gasteiger partial charge in [-0.1, -0.05) is 12.1 Å². The Morgan fingerprint density at radius 2 is 2.18 bits per heavy atom. The molecular formula is C11H9BrN2O3. The summed E-state index contributed by atoms with van der Waals surface area (Å²) in [7, 11) is 1.55. The number of aromatic nitrogens is 2. The van der Waals surface area contributed by atoms with E-state index in [-0.39, 0.29) is 5.56 Å². The van der Waals surface area contributed by atoms with E-state index in [1.165, 1.54) is 10.9 Å². The number of para-hydroxylation sites is 2. The van der Waals surface area contributed by atoms with Gasteiger partial charge in [-0.2, -0.15) is 5.10 Å². The molecule has 0 spiro atoms. The summed E-state index contributed by atoms with van der Waals surface area (Å²) in [5.74, 6) is -0.411. The molecule has 0 bridgehead atoms. The highest BCUT2D eigenvalue weighted by atomic mass is 79.9.